The van der Waals surface area contributed by atoms with Crippen molar-refractivity contribution in [1.29, 1.82) is 5.26 Å². The third kappa shape index (κ3) is 3.11. The molecular formula is C21H25N3O. The van der Waals surface area contributed by atoms with Gasteiger partial charge in [0.05, 0.1) is 6.07 Å². The first-order valence-corrected chi connectivity index (χ1v) is 8.99. The summed E-state index contributed by atoms with van der Waals surface area (Å²) >= 11 is 0. The first kappa shape index (κ1) is 17.4. The van der Waals surface area contributed by atoms with Gasteiger partial charge in [0.2, 0.25) is 0 Å². The predicted octanol–water partition coefficient (Wildman–Crippen LogP) is 4.02. The molecule has 0 aromatic heterocycles. The second kappa shape index (κ2) is 6.84. The largest absolute Gasteiger partial charge is 0.347 e. The molecule has 0 fully saturated rings. The number of fused-ring (bicyclic) bond motifs is 1. The van der Waals surface area contributed by atoms with Crippen LogP contribution < -0.4 is 4.90 Å². The van der Waals surface area contributed by atoms with Gasteiger partial charge in [0.1, 0.15) is 5.92 Å². The maximum atomic E-state index is 12.9. The predicted molar refractivity (Wildman–Crippen MR) is 101 cm³/mol. The third-order valence-electron chi connectivity index (χ3n) is 5.37. The molecule has 1 atom stereocenters. The summed E-state index contributed by atoms with van der Waals surface area (Å²) < 4.78 is 0. The number of nitrogens with zero attached hydrogens (tertiary/aromatic N) is 3. The van der Waals surface area contributed by atoms with Gasteiger partial charge in [-0.15, -0.1) is 0 Å². The zero-order valence-corrected chi connectivity index (χ0v) is 15.2. The highest BCUT2D eigenvalue weighted by Crippen LogP contribution is 2.46. The van der Waals surface area contributed by atoms with Crippen molar-refractivity contribution in [2.75, 3.05) is 18.5 Å². The number of ketones is 1. The molecule has 4 nitrogen and oxygen atoms in total. The van der Waals surface area contributed by atoms with Gasteiger partial charge in [0.15, 0.2) is 5.78 Å². The molecule has 0 saturated heterocycles. The van der Waals surface area contributed by atoms with Gasteiger partial charge in [0.25, 0.3) is 0 Å². The first-order valence-electron chi connectivity index (χ1n) is 8.99. The van der Waals surface area contributed by atoms with Crippen molar-refractivity contribution in [3.8, 4) is 6.07 Å². The number of benzene rings is 1. The number of hydrogen-bond acceptors (Lipinski definition) is 4. The molecule has 0 saturated carbocycles. The van der Waals surface area contributed by atoms with E-state index in [0.717, 1.165) is 49.3 Å². The van der Waals surface area contributed by atoms with Crippen LogP contribution in [0.4, 0.5) is 5.69 Å². The number of aliphatic imine (C=N–C) groups is 1. The number of likely N-dealkylation sites (N-methyl/N-ethyl adjacent to an activating group) is 1. The number of carbonyl (C=O) groups is 1. The molecule has 0 aliphatic carbocycles. The summed E-state index contributed by atoms with van der Waals surface area (Å²) in [4.78, 5) is 19.5. The lowest BCUT2D eigenvalue weighted by atomic mass is 9.82. The number of nitriles is 1. The summed E-state index contributed by atoms with van der Waals surface area (Å²) in [6.07, 6.45) is 5.60. The maximum absolute atomic E-state index is 12.9. The lowest BCUT2D eigenvalue weighted by Gasteiger charge is -2.24. The molecular weight excluding hydrogens is 310 g/mol. The Balaban J connectivity index is 1.93. The molecule has 0 N–H and O–H groups in total. The Morgan fingerprint density at radius 1 is 1.32 bits per heavy atom. The van der Waals surface area contributed by atoms with Gasteiger partial charge in [-0.2, -0.15) is 5.26 Å². The molecule has 1 aromatic rings. The van der Waals surface area contributed by atoms with Crippen LogP contribution >= 0.6 is 0 Å². The van der Waals surface area contributed by atoms with Crippen LogP contribution in [0.3, 0.4) is 0 Å². The lowest BCUT2D eigenvalue weighted by Crippen LogP contribution is -2.27. The monoisotopic (exact) mass is 335 g/mol. The molecule has 130 valence electrons. The van der Waals surface area contributed by atoms with E-state index in [2.05, 4.69) is 41.9 Å². The van der Waals surface area contributed by atoms with Crippen LogP contribution in [0.25, 0.3) is 0 Å². The standard InChI is InChI=1S/C21H25N3O/c1-21(2)16-9-6-7-11-18(16)24(3)20(21)13-19(25)15(14-22)17-10-5-4-8-12-23-17/h6-7,9,11,13,15H,4-5,8,10,12H2,1-3H3. The fourth-order valence-corrected chi connectivity index (χ4v) is 3.91. The van der Waals surface area contributed by atoms with Gasteiger partial charge in [-0.25, -0.2) is 0 Å². The van der Waals surface area contributed by atoms with Crippen molar-refractivity contribution < 1.29 is 4.79 Å². The Morgan fingerprint density at radius 2 is 2.08 bits per heavy atom. The third-order valence-corrected chi connectivity index (χ3v) is 5.37. The SMILES string of the molecule is CN1C(=CC(=O)C(C#N)C2=NCCCCC2)C(C)(C)c2ccccc21. The highest BCUT2D eigenvalue weighted by Gasteiger charge is 2.39. The van der Waals surface area contributed by atoms with E-state index < -0.39 is 5.92 Å². The molecule has 25 heavy (non-hydrogen) atoms. The summed E-state index contributed by atoms with van der Waals surface area (Å²) in [7, 11) is 1.98. The van der Waals surface area contributed by atoms with Crippen molar-refractivity contribution in [2.24, 2.45) is 10.9 Å². The van der Waals surface area contributed by atoms with E-state index in [9.17, 15) is 10.1 Å². The van der Waals surface area contributed by atoms with Crippen LogP contribution in [0.2, 0.25) is 0 Å². The Bertz CT molecular complexity index is 783. The molecule has 3 rings (SSSR count). The van der Waals surface area contributed by atoms with Crippen molar-refractivity contribution in [2.45, 2.75) is 44.9 Å². The number of allylic oxidation sites excluding steroid dienone is 2. The lowest BCUT2D eigenvalue weighted by molar-refractivity contribution is -0.115. The van der Waals surface area contributed by atoms with Crippen molar-refractivity contribution >= 4 is 17.2 Å². The van der Waals surface area contributed by atoms with E-state index in [4.69, 9.17) is 0 Å². The van der Waals surface area contributed by atoms with Crippen LogP contribution in [-0.4, -0.2) is 25.1 Å². The number of para-hydroxylation sites is 1. The zero-order chi connectivity index (χ0) is 18.0. The smallest absolute Gasteiger partial charge is 0.180 e. The van der Waals surface area contributed by atoms with Gasteiger partial charge >= 0.3 is 0 Å². The van der Waals surface area contributed by atoms with Crippen LogP contribution in [-0.2, 0) is 10.2 Å². The quantitative estimate of drug-likeness (QED) is 0.784. The minimum absolute atomic E-state index is 0.147. The van der Waals surface area contributed by atoms with E-state index in [1.54, 1.807) is 6.08 Å². The number of anilines is 1. The highest BCUT2D eigenvalue weighted by molar-refractivity contribution is 6.12. The number of rotatable bonds is 3. The van der Waals surface area contributed by atoms with E-state index in [-0.39, 0.29) is 11.2 Å². The normalized spacial score (nSPS) is 21.9. The Labute approximate surface area is 149 Å². The molecule has 1 unspecified atom stereocenters. The van der Waals surface area contributed by atoms with Crippen LogP contribution in [0.5, 0.6) is 0 Å². The van der Waals surface area contributed by atoms with Gasteiger partial charge in [-0.3, -0.25) is 9.79 Å². The summed E-state index contributed by atoms with van der Waals surface area (Å²) in [5, 5.41) is 9.59. The average molecular weight is 335 g/mol. The molecule has 0 bridgehead atoms. The molecule has 0 radical (unpaired) electrons. The van der Waals surface area contributed by atoms with E-state index in [1.165, 1.54) is 5.56 Å². The van der Waals surface area contributed by atoms with Crippen LogP contribution in [0, 0.1) is 17.2 Å². The molecule has 2 heterocycles. The molecule has 0 amide bonds. The Hall–Kier alpha value is -2.41. The van der Waals surface area contributed by atoms with E-state index in [0.29, 0.717) is 0 Å². The van der Waals surface area contributed by atoms with Gasteiger partial charge in [-0.1, -0.05) is 38.5 Å². The fraction of sp³-hybridized carbons (Fsp3) is 0.476. The minimum Gasteiger partial charge on any atom is -0.347 e. The van der Waals surface area contributed by atoms with E-state index in [1.807, 2.05) is 19.2 Å². The van der Waals surface area contributed by atoms with Crippen LogP contribution in [0.15, 0.2) is 41.0 Å². The first-order chi connectivity index (χ1) is 12.0. The maximum Gasteiger partial charge on any atom is 0.180 e. The summed E-state index contributed by atoms with van der Waals surface area (Å²) in [6, 6.07) is 10.4. The van der Waals surface area contributed by atoms with Crippen molar-refractivity contribution in [3.63, 3.8) is 0 Å². The molecule has 4 heteroatoms. The molecule has 2 aliphatic rings. The Kier molecular flexibility index (Phi) is 4.76. The average Bonchev–Trinajstić information content (AvgIpc) is 2.81. The van der Waals surface area contributed by atoms with Crippen molar-refractivity contribution in [3.05, 3.63) is 41.6 Å². The fourth-order valence-electron chi connectivity index (χ4n) is 3.91. The molecule has 0 spiro atoms. The number of hydrogen-bond donors (Lipinski definition) is 0. The Morgan fingerprint density at radius 3 is 2.80 bits per heavy atom. The topological polar surface area (TPSA) is 56.5 Å². The zero-order valence-electron chi connectivity index (χ0n) is 15.2. The summed E-state index contributed by atoms with van der Waals surface area (Å²) in [5.74, 6) is -0.899. The molecule has 1 aromatic carbocycles. The summed E-state index contributed by atoms with van der Waals surface area (Å²) in [6.45, 7) is 4.98. The van der Waals surface area contributed by atoms with Crippen molar-refractivity contribution in [1.82, 2.24) is 0 Å². The van der Waals surface area contributed by atoms with Gasteiger partial charge in [0, 0.05) is 42.2 Å². The molecule has 2 aliphatic heterocycles. The van der Waals surface area contributed by atoms with Gasteiger partial charge < -0.3 is 4.90 Å². The number of carbonyl (C=O) groups excluding carboxylic acids is 1. The highest BCUT2D eigenvalue weighted by atomic mass is 16.1. The minimum atomic E-state index is -0.751. The second-order valence-corrected chi connectivity index (χ2v) is 7.38. The van der Waals surface area contributed by atoms with E-state index >= 15 is 0 Å². The second-order valence-electron chi connectivity index (χ2n) is 7.38. The van der Waals surface area contributed by atoms with Gasteiger partial charge in [-0.05, 0) is 30.9 Å². The van der Waals surface area contributed by atoms with Crippen LogP contribution in [0.1, 0.15) is 45.1 Å². The summed E-state index contributed by atoms with van der Waals surface area (Å²) in [5.41, 5.74) is 3.77.